The van der Waals surface area contributed by atoms with Gasteiger partial charge in [0.15, 0.2) is 0 Å². The summed E-state index contributed by atoms with van der Waals surface area (Å²) in [6, 6.07) is 7.84. The van der Waals surface area contributed by atoms with Crippen LogP contribution in [0.2, 0.25) is 0 Å². The first-order valence-electron chi connectivity index (χ1n) is 7.81. The number of anilines is 2. The van der Waals surface area contributed by atoms with Crippen LogP contribution in [0, 0.1) is 0 Å². The Morgan fingerprint density at radius 1 is 1.29 bits per heavy atom. The lowest BCUT2D eigenvalue weighted by atomic mass is 10.1. The zero-order valence-corrected chi connectivity index (χ0v) is 12.6. The quantitative estimate of drug-likeness (QED) is 0.880. The number of nitrogens with one attached hydrogen (secondary N) is 2. The fourth-order valence-electron chi connectivity index (χ4n) is 3.04. The van der Waals surface area contributed by atoms with Gasteiger partial charge in [0.1, 0.15) is 6.04 Å². The smallest absolute Gasteiger partial charge is 0.246 e. The van der Waals surface area contributed by atoms with Gasteiger partial charge >= 0.3 is 0 Å². The van der Waals surface area contributed by atoms with Crippen molar-refractivity contribution in [1.82, 2.24) is 9.80 Å². The number of likely N-dealkylation sites (N-methyl/N-ethyl adjacent to an activating group) is 1. The minimum Gasteiger partial charge on any atom is -0.381 e. The highest BCUT2D eigenvalue weighted by Gasteiger charge is 2.26. The van der Waals surface area contributed by atoms with E-state index in [0.29, 0.717) is 6.54 Å². The van der Waals surface area contributed by atoms with Gasteiger partial charge in [-0.05, 0) is 38.1 Å². The normalized spacial score (nSPS) is 21.3. The summed E-state index contributed by atoms with van der Waals surface area (Å²) in [4.78, 5) is 16.8. The van der Waals surface area contributed by atoms with Gasteiger partial charge in [-0.2, -0.15) is 0 Å². The molecule has 1 atom stereocenters. The second kappa shape index (κ2) is 6.35. The number of hydrogen-bond donors (Lipinski definition) is 2. The lowest BCUT2D eigenvalue weighted by Gasteiger charge is -2.31. The van der Waals surface area contributed by atoms with Crippen LogP contribution in [0.4, 0.5) is 11.4 Å². The van der Waals surface area contributed by atoms with Crippen molar-refractivity contribution in [1.29, 1.82) is 0 Å². The van der Waals surface area contributed by atoms with Crippen molar-refractivity contribution in [2.45, 2.75) is 18.9 Å². The van der Waals surface area contributed by atoms with Crippen LogP contribution in [-0.4, -0.2) is 61.5 Å². The third-order valence-corrected chi connectivity index (χ3v) is 4.38. The van der Waals surface area contributed by atoms with Crippen molar-refractivity contribution in [3.05, 3.63) is 24.3 Å². The summed E-state index contributed by atoms with van der Waals surface area (Å²) in [7, 11) is 1.90. The van der Waals surface area contributed by atoms with Crippen LogP contribution in [0.3, 0.4) is 0 Å². The van der Waals surface area contributed by atoms with E-state index < -0.39 is 0 Å². The van der Waals surface area contributed by atoms with Gasteiger partial charge in [0.05, 0.1) is 11.4 Å². The minimum atomic E-state index is -0.177. The second-order valence-electron chi connectivity index (χ2n) is 5.93. The number of hydrogen-bond acceptors (Lipinski definition) is 4. The first-order chi connectivity index (χ1) is 10.2. The first-order valence-corrected chi connectivity index (χ1v) is 7.81. The lowest BCUT2D eigenvalue weighted by molar-refractivity contribution is -0.130. The molecule has 0 saturated carbocycles. The molecule has 0 spiro atoms. The maximum atomic E-state index is 12.5. The molecule has 1 amide bonds. The van der Waals surface area contributed by atoms with Crippen molar-refractivity contribution >= 4 is 17.3 Å². The number of rotatable bonds is 4. The molecular weight excluding hydrogens is 264 g/mol. The number of fused-ring (bicyclic) bond motifs is 1. The minimum absolute atomic E-state index is 0.163. The van der Waals surface area contributed by atoms with Crippen molar-refractivity contribution < 1.29 is 4.79 Å². The second-order valence-corrected chi connectivity index (χ2v) is 5.93. The van der Waals surface area contributed by atoms with E-state index in [9.17, 15) is 4.79 Å². The molecule has 114 valence electrons. The molecule has 2 aliphatic rings. The van der Waals surface area contributed by atoms with E-state index in [4.69, 9.17) is 0 Å². The predicted molar refractivity (Wildman–Crippen MR) is 85.7 cm³/mol. The molecule has 5 nitrogen and oxygen atoms in total. The third-order valence-electron chi connectivity index (χ3n) is 4.38. The van der Waals surface area contributed by atoms with E-state index in [0.717, 1.165) is 24.5 Å². The molecule has 0 radical (unpaired) electrons. The van der Waals surface area contributed by atoms with Crippen molar-refractivity contribution in [2.75, 3.05) is 50.4 Å². The zero-order valence-electron chi connectivity index (χ0n) is 12.6. The number of para-hydroxylation sites is 2. The maximum Gasteiger partial charge on any atom is 0.246 e. The standard InChI is InChI=1S/C16H24N4O/c1-19(10-11-20-8-4-5-9-20)16(21)15-12-17-13-6-2-3-7-14(13)18-15/h2-3,6-7,15,17-18H,4-5,8-12H2,1H3. The molecule has 3 rings (SSSR count). The summed E-state index contributed by atoms with van der Waals surface area (Å²) in [5.41, 5.74) is 2.08. The van der Waals surface area contributed by atoms with Crippen LogP contribution in [0.1, 0.15) is 12.8 Å². The van der Waals surface area contributed by atoms with Crippen LogP contribution < -0.4 is 10.6 Å². The number of benzene rings is 1. The Morgan fingerprint density at radius 2 is 2.00 bits per heavy atom. The molecule has 2 aliphatic heterocycles. The molecule has 1 aromatic rings. The van der Waals surface area contributed by atoms with E-state index in [2.05, 4.69) is 15.5 Å². The Morgan fingerprint density at radius 3 is 2.76 bits per heavy atom. The van der Waals surface area contributed by atoms with Crippen LogP contribution in [0.25, 0.3) is 0 Å². The molecule has 21 heavy (non-hydrogen) atoms. The Bertz CT molecular complexity index is 499. The van der Waals surface area contributed by atoms with Gasteiger partial charge in [-0.15, -0.1) is 0 Å². The van der Waals surface area contributed by atoms with Crippen LogP contribution in [0.5, 0.6) is 0 Å². The number of amides is 1. The summed E-state index contributed by atoms with van der Waals surface area (Å²) < 4.78 is 0. The number of carbonyl (C=O) groups excluding carboxylic acids is 1. The molecule has 2 heterocycles. The average molecular weight is 288 g/mol. The van der Waals surface area contributed by atoms with Crippen molar-refractivity contribution in [2.24, 2.45) is 0 Å². The zero-order chi connectivity index (χ0) is 14.7. The molecule has 1 saturated heterocycles. The average Bonchev–Trinajstić information content (AvgIpc) is 3.05. The highest BCUT2D eigenvalue weighted by atomic mass is 16.2. The van der Waals surface area contributed by atoms with Crippen molar-refractivity contribution in [3.63, 3.8) is 0 Å². The largest absolute Gasteiger partial charge is 0.381 e. The highest BCUT2D eigenvalue weighted by Crippen LogP contribution is 2.25. The van der Waals surface area contributed by atoms with Crippen molar-refractivity contribution in [3.8, 4) is 0 Å². The molecule has 1 unspecified atom stereocenters. The number of carbonyl (C=O) groups is 1. The summed E-state index contributed by atoms with van der Waals surface area (Å²) >= 11 is 0. The van der Waals surface area contributed by atoms with Gasteiger partial charge in [-0.1, -0.05) is 12.1 Å². The molecule has 5 heteroatoms. The van der Waals surface area contributed by atoms with Gasteiger partial charge in [-0.25, -0.2) is 0 Å². The molecule has 0 aromatic heterocycles. The van der Waals surface area contributed by atoms with Crippen LogP contribution in [-0.2, 0) is 4.79 Å². The summed E-state index contributed by atoms with van der Waals surface area (Å²) in [6.45, 7) is 4.79. The monoisotopic (exact) mass is 288 g/mol. The summed E-state index contributed by atoms with van der Waals surface area (Å²) in [5.74, 6) is 0.163. The van der Waals surface area contributed by atoms with Gasteiger partial charge in [0.25, 0.3) is 0 Å². The number of likely N-dealkylation sites (tertiary alicyclic amines) is 1. The molecule has 2 N–H and O–H groups in total. The first kappa shape index (κ1) is 14.2. The van der Waals surface area contributed by atoms with E-state index in [1.54, 1.807) is 0 Å². The van der Waals surface area contributed by atoms with E-state index in [1.807, 2.05) is 36.2 Å². The predicted octanol–water partition coefficient (Wildman–Crippen LogP) is 1.45. The van der Waals surface area contributed by atoms with E-state index in [1.165, 1.54) is 25.9 Å². The fourth-order valence-corrected chi connectivity index (χ4v) is 3.04. The van der Waals surface area contributed by atoms with Crippen LogP contribution >= 0.6 is 0 Å². The topological polar surface area (TPSA) is 47.6 Å². The van der Waals surface area contributed by atoms with E-state index in [-0.39, 0.29) is 11.9 Å². The Hall–Kier alpha value is -1.75. The molecular formula is C16H24N4O. The molecule has 0 aliphatic carbocycles. The Kier molecular flexibility index (Phi) is 4.29. The molecule has 0 bridgehead atoms. The van der Waals surface area contributed by atoms with E-state index >= 15 is 0 Å². The van der Waals surface area contributed by atoms with Gasteiger partial charge in [-0.3, -0.25) is 4.79 Å². The van der Waals surface area contributed by atoms with Gasteiger partial charge in [0, 0.05) is 26.7 Å². The fraction of sp³-hybridized carbons (Fsp3) is 0.562. The lowest BCUT2D eigenvalue weighted by Crippen LogP contribution is -2.48. The summed E-state index contributed by atoms with van der Waals surface area (Å²) in [6.07, 6.45) is 2.59. The Labute approximate surface area is 126 Å². The SMILES string of the molecule is CN(CCN1CCCC1)C(=O)C1CNc2ccccc2N1. The van der Waals surface area contributed by atoms with Gasteiger partial charge in [0.2, 0.25) is 5.91 Å². The highest BCUT2D eigenvalue weighted by molar-refractivity contribution is 5.88. The van der Waals surface area contributed by atoms with Gasteiger partial charge < -0.3 is 20.4 Å². The molecule has 1 aromatic carbocycles. The van der Waals surface area contributed by atoms with Crippen LogP contribution in [0.15, 0.2) is 24.3 Å². The Balaban J connectivity index is 1.53. The third kappa shape index (κ3) is 3.29. The maximum absolute atomic E-state index is 12.5. The molecule has 1 fully saturated rings. The summed E-state index contributed by atoms with van der Waals surface area (Å²) in [5, 5.41) is 6.66. The number of nitrogens with zero attached hydrogens (tertiary/aromatic N) is 2.